The highest BCUT2D eigenvalue weighted by Crippen LogP contribution is 2.27. The van der Waals surface area contributed by atoms with Gasteiger partial charge in [-0.25, -0.2) is 27.4 Å². The highest BCUT2D eigenvalue weighted by Gasteiger charge is 2.26. The lowest BCUT2D eigenvalue weighted by atomic mass is 10.1. The first-order valence-corrected chi connectivity index (χ1v) is 15.2. The van der Waals surface area contributed by atoms with E-state index in [1.54, 1.807) is 17.1 Å². The Hall–Kier alpha value is -3.08. The summed E-state index contributed by atoms with van der Waals surface area (Å²) in [6, 6.07) is 8.02. The molecular weight excluding hydrogens is 540 g/mol. The molecule has 5 rings (SSSR count). The molecule has 39 heavy (non-hydrogen) atoms. The second-order valence-corrected chi connectivity index (χ2v) is 12.5. The third-order valence-corrected chi connectivity index (χ3v) is 8.93. The molecule has 0 amide bonds. The number of rotatable bonds is 8. The van der Waals surface area contributed by atoms with Crippen molar-refractivity contribution in [2.24, 2.45) is 0 Å². The second-order valence-electron chi connectivity index (χ2n) is 10.1. The molecule has 3 heterocycles. The number of benzene rings is 1. The number of hydrogen-bond acceptors (Lipinski definition) is 9. The molecular formula is C26H31ClN8O3S. The number of piperidine rings is 1. The fraction of sp³-hybridized carbons (Fsp3) is 0.462. The van der Waals surface area contributed by atoms with Gasteiger partial charge in [0.2, 0.25) is 16.0 Å². The van der Waals surface area contributed by atoms with Gasteiger partial charge in [-0.15, -0.1) is 0 Å². The van der Waals surface area contributed by atoms with E-state index in [0.29, 0.717) is 66.0 Å². The number of aliphatic hydroxyl groups is 1. The van der Waals surface area contributed by atoms with Gasteiger partial charge in [-0.3, -0.25) is 0 Å². The van der Waals surface area contributed by atoms with Crippen LogP contribution < -0.4 is 10.6 Å². The molecule has 2 atom stereocenters. The van der Waals surface area contributed by atoms with Gasteiger partial charge < -0.3 is 15.7 Å². The van der Waals surface area contributed by atoms with Crippen molar-refractivity contribution in [2.45, 2.75) is 56.8 Å². The lowest BCUT2D eigenvalue weighted by molar-refractivity contribution is 0.148. The molecule has 13 heteroatoms. The normalized spacial score (nSPS) is 20.7. The van der Waals surface area contributed by atoms with Gasteiger partial charge in [0.25, 0.3) is 0 Å². The van der Waals surface area contributed by atoms with Crippen LogP contribution in [-0.4, -0.2) is 75.1 Å². The lowest BCUT2D eigenvalue weighted by Crippen LogP contribution is -2.42. The molecule has 1 aliphatic heterocycles. The van der Waals surface area contributed by atoms with Crippen LogP contribution in [0.2, 0.25) is 5.02 Å². The molecule has 1 aliphatic carbocycles. The molecule has 2 aromatic heterocycles. The van der Waals surface area contributed by atoms with E-state index in [-0.39, 0.29) is 18.2 Å². The largest absolute Gasteiger partial charge is 0.392 e. The van der Waals surface area contributed by atoms with Crippen LogP contribution in [0.25, 0.3) is 16.9 Å². The minimum atomic E-state index is -3.20. The van der Waals surface area contributed by atoms with Crippen molar-refractivity contribution in [3.8, 4) is 23.0 Å². The maximum absolute atomic E-state index is 11.8. The molecule has 0 radical (unpaired) electrons. The van der Waals surface area contributed by atoms with Gasteiger partial charge in [-0.05, 0) is 49.8 Å². The number of aliphatic hydroxyl groups excluding tert-OH is 1. The van der Waals surface area contributed by atoms with Gasteiger partial charge in [-0.1, -0.05) is 17.7 Å². The summed E-state index contributed by atoms with van der Waals surface area (Å²) < 4.78 is 26.7. The number of halogens is 1. The predicted molar refractivity (Wildman–Crippen MR) is 148 cm³/mol. The first kappa shape index (κ1) is 27.5. The second kappa shape index (κ2) is 11.6. The Bertz CT molecular complexity index is 1480. The van der Waals surface area contributed by atoms with Crippen LogP contribution in [0, 0.1) is 11.3 Å². The van der Waals surface area contributed by atoms with Crippen LogP contribution in [0.4, 0.5) is 5.95 Å². The third-order valence-electron chi connectivity index (χ3n) is 7.33. The zero-order valence-electron chi connectivity index (χ0n) is 21.6. The average molecular weight is 571 g/mol. The Morgan fingerprint density at radius 1 is 1.21 bits per heavy atom. The zero-order chi connectivity index (χ0) is 27.6. The maximum atomic E-state index is 11.8. The van der Waals surface area contributed by atoms with Crippen LogP contribution in [-0.2, 0) is 16.6 Å². The molecule has 206 valence electrons. The molecule has 1 saturated heterocycles. The first-order chi connectivity index (χ1) is 18.7. The molecule has 1 saturated carbocycles. The number of nitrogens with zero attached hydrogens (tertiary/aromatic N) is 6. The Morgan fingerprint density at radius 2 is 2.00 bits per heavy atom. The highest BCUT2D eigenvalue weighted by atomic mass is 35.5. The van der Waals surface area contributed by atoms with E-state index >= 15 is 0 Å². The molecule has 11 nitrogen and oxygen atoms in total. The van der Waals surface area contributed by atoms with Crippen molar-refractivity contribution in [3.05, 3.63) is 52.9 Å². The van der Waals surface area contributed by atoms with E-state index in [4.69, 9.17) is 11.6 Å². The van der Waals surface area contributed by atoms with Crippen molar-refractivity contribution in [2.75, 3.05) is 24.7 Å². The van der Waals surface area contributed by atoms with Crippen molar-refractivity contribution in [1.82, 2.24) is 29.4 Å². The standard InChI is InChI=1S/C26H31ClN8O3S/c1-39(37,38)34-9-7-20(8-10-34)32-26-30-14-18(12-28)25(33-26)19-15-31-35(16-19)23-6-5-17(11-21(23)27)13-29-22-3-2-4-24(22)36/h5-6,11,14-16,20,22,24,29,36H,2-4,7-10,13H2,1H3,(H,30,32,33)/t22-,24-/m1/s1. The molecule has 0 spiro atoms. The predicted octanol–water partition coefficient (Wildman–Crippen LogP) is 2.69. The van der Waals surface area contributed by atoms with Crippen LogP contribution in [0.5, 0.6) is 0 Å². The van der Waals surface area contributed by atoms with Crippen LogP contribution >= 0.6 is 11.6 Å². The molecule has 3 N–H and O–H groups in total. The van der Waals surface area contributed by atoms with E-state index in [9.17, 15) is 18.8 Å². The summed E-state index contributed by atoms with van der Waals surface area (Å²) in [5.74, 6) is 0.372. The molecule has 1 aromatic carbocycles. The van der Waals surface area contributed by atoms with Gasteiger partial charge in [0.1, 0.15) is 6.07 Å². The van der Waals surface area contributed by atoms with E-state index in [1.807, 2.05) is 18.2 Å². The Balaban J connectivity index is 1.29. The van der Waals surface area contributed by atoms with E-state index < -0.39 is 10.0 Å². The Kier molecular flexibility index (Phi) is 8.16. The van der Waals surface area contributed by atoms with Crippen LogP contribution in [0.15, 0.2) is 36.8 Å². The van der Waals surface area contributed by atoms with E-state index in [0.717, 1.165) is 24.8 Å². The molecule has 3 aromatic rings. The van der Waals surface area contributed by atoms with Crippen molar-refractivity contribution in [3.63, 3.8) is 0 Å². The summed E-state index contributed by atoms with van der Waals surface area (Å²) in [5, 5.41) is 31.4. The van der Waals surface area contributed by atoms with Crippen LogP contribution in [0.3, 0.4) is 0 Å². The first-order valence-electron chi connectivity index (χ1n) is 13.0. The third kappa shape index (κ3) is 6.40. The topological polar surface area (TPSA) is 149 Å². The number of nitriles is 1. The monoisotopic (exact) mass is 570 g/mol. The maximum Gasteiger partial charge on any atom is 0.223 e. The SMILES string of the molecule is CS(=O)(=O)N1CCC(Nc2ncc(C#N)c(-c3cnn(-c4ccc(CN[C@@H]5CCC[C@H]5O)cc4Cl)c3)n2)CC1. The van der Waals surface area contributed by atoms with Crippen molar-refractivity contribution >= 4 is 27.6 Å². The smallest absolute Gasteiger partial charge is 0.223 e. The molecule has 2 aliphatic rings. The number of aromatic nitrogens is 4. The van der Waals surface area contributed by atoms with Crippen molar-refractivity contribution < 1.29 is 13.5 Å². The summed E-state index contributed by atoms with van der Waals surface area (Å²) in [6.45, 7) is 1.48. The number of hydrogen-bond donors (Lipinski definition) is 3. The fourth-order valence-electron chi connectivity index (χ4n) is 5.12. The summed E-state index contributed by atoms with van der Waals surface area (Å²) in [4.78, 5) is 8.89. The summed E-state index contributed by atoms with van der Waals surface area (Å²) >= 11 is 6.61. The zero-order valence-corrected chi connectivity index (χ0v) is 23.2. The van der Waals surface area contributed by atoms with Gasteiger partial charge >= 0.3 is 0 Å². The van der Waals surface area contributed by atoms with E-state index in [1.165, 1.54) is 16.8 Å². The number of nitrogens with one attached hydrogen (secondary N) is 2. The highest BCUT2D eigenvalue weighted by molar-refractivity contribution is 7.88. The molecule has 0 bridgehead atoms. The van der Waals surface area contributed by atoms with Gasteiger partial charge in [0, 0.05) is 43.5 Å². The minimum absolute atomic E-state index is 0.0234. The summed E-state index contributed by atoms with van der Waals surface area (Å²) in [6.07, 6.45) is 9.90. The Morgan fingerprint density at radius 3 is 2.67 bits per heavy atom. The molecule has 0 unspecified atom stereocenters. The Labute approximate surface area is 232 Å². The van der Waals surface area contributed by atoms with Gasteiger partial charge in [0.05, 0.1) is 46.7 Å². The minimum Gasteiger partial charge on any atom is -0.392 e. The summed E-state index contributed by atoms with van der Waals surface area (Å²) in [7, 11) is -3.20. The lowest BCUT2D eigenvalue weighted by Gasteiger charge is -2.30. The average Bonchev–Trinajstić information content (AvgIpc) is 3.56. The van der Waals surface area contributed by atoms with Gasteiger partial charge in [-0.2, -0.15) is 10.4 Å². The van der Waals surface area contributed by atoms with Gasteiger partial charge in [0.15, 0.2) is 0 Å². The number of sulfonamides is 1. The molecule has 2 fully saturated rings. The van der Waals surface area contributed by atoms with E-state index in [2.05, 4.69) is 31.8 Å². The van der Waals surface area contributed by atoms with Crippen molar-refractivity contribution in [1.29, 1.82) is 5.26 Å². The quantitative estimate of drug-likeness (QED) is 0.371. The summed E-state index contributed by atoms with van der Waals surface area (Å²) in [5.41, 5.74) is 3.10. The number of anilines is 1. The fourth-order valence-corrected chi connectivity index (χ4v) is 6.28. The van der Waals surface area contributed by atoms with Crippen LogP contribution in [0.1, 0.15) is 43.2 Å².